The van der Waals surface area contributed by atoms with Crippen molar-refractivity contribution < 1.29 is 9.53 Å². The number of anilines is 1. The summed E-state index contributed by atoms with van der Waals surface area (Å²) < 4.78 is 5.28. The molecule has 0 saturated heterocycles. The summed E-state index contributed by atoms with van der Waals surface area (Å²) in [6, 6.07) is 15.4. The van der Waals surface area contributed by atoms with Crippen molar-refractivity contribution in [2.75, 3.05) is 18.2 Å². The van der Waals surface area contributed by atoms with E-state index in [9.17, 15) is 9.59 Å². The Bertz CT molecular complexity index is 1060. The van der Waals surface area contributed by atoms with Gasteiger partial charge in [-0.3, -0.25) is 9.59 Å². The standard InChI is InChI=1S/C22H23N3O3S/c1-14-9-10-19(28-3)18(11-14)24-20(26)13-29-22-23-15(2)17(21(27)25-22)12-16-7-5-4-6-8-16/h4-11H,12-13H2,1-3H3,(H,24,26)(H,23,25,27). The molecule has 7 heteroatoms. The zero-order valence-corrected chi connectivity index (χ0v) is 17.4. The van der Waals surface area contributed by atoms with Gasteiger partial charge in [-0.1, -0.05) is 48.2 Å². The van der Waals surface area contributed by atoms with Crippen LogP contribution in [-0.4, -0.2) is 28.7 Å². The average Bonchev–Trinajstić information content (AvgIpc) is 2.70. The highest BCUT2D eigenvalue weighted by molar-refractivity contribution is 7.99. The number of thioether (sulfide) groups is 1. The van der Waals surface area contributed by atoms with E-state index < -0.39 is 0 Å². The summed E-state index contributed by atoms with van der Waals surface area (Å²) in [7, 11) is 1.56. The molecule has 0 aliphatic rings. The Morgan fingerprint density at radius 2 is 1.93 bits per heavy atom. The van der Waals surface area contributed by atoms with Crippen LogP contribution in [0.2, 0.25) is 0 Å². The molecule has 0 radical (unpaired) electrons. The summed E-state index contributed by atoms with van der Waals surface area (Å²) >= 11 is 1.19. The van der Waals surface area contributed by atoms with E-state index in [1.54, 1.807) is 7.11 Å². The van der Waals surface area contributed by atoms with Gasteiger partial charge in [0, 0.05) is 17.7 Å². The van der Waals surface area contributed by atoms with Crippen LogP contribution in [0.15, 0.2) is 58.5 Å². The molecule has 0 atom stereocenters. The lowest BCUT2D eigenvalue weighted by Crippen LogP contribution is -2.19. The van der Waals surface area contributed by atoms with Crippen LogP contribution in [0.1, 0.15) is 22.4 Å². The number of ether oxygens (including phenoxy) is 1. The Hall–Kier alpha value is -3.06. The molecule has 1 heterocycles. The second-order valence-corrected chi connectivity index (χ2v) is 7.60. The molecule has 150 valence electrons. The maximum absolute atomic E-state index is 12.5. The molecule has 1 amide bonds. The quantitative estimate of drug-likeness (QED) is 0.459. The van der Waals surface area contributed by atoms with Crippen molar-refractivity contribution in [1.82, 2.24) is 9.97 Å². The van der Waals surface area contributed by atoms with Gasteiger partial charge < -0.3 is 15.0 Å². The van der Waals surface area contributed by atoms with Crippen molar-refractivity contribution in [1.29, 1.82) is 0 Å². The smallest absolute Gasteiger partial charge is 0.255 e. The maximum atomic E-state index is 12.5. The number of benzene rings is 2. The topological polar surface area (TPSA) is 84.1 Å². The molecule has 0 spiro atoms. The molecule has 0 aliphatic carbocycles. The molecule has 2 N–H and O–H groups in total. The lowest BCUT2D eigenvalue weighted by molar-refractivity contribution is -0.113. The van der Waals surface area contributed by atoms with Crippen LogP contribution in [0.25, 0.3) is 0 Å². The van der Waals surface area contributed by atoms with Gasteiger partial charge in [-0.2, -0.15) is 0 Å². The number of hydrogen-bond acceptors (Lipinski definition) is 5. The highest BCUT2D eigenvalue weighted by Crippen LogP contribution is 2.25. The summed E-state index contributed by atoms with van der Waals surface area (Å²) in [6.45, 7) is 3.76. The number of carbonyl (C=O) groups is 1. The largest absolute Gasteiger partial charge is 0.495 e. The number of rotatable bonds is 7. The molecule has 3 aromatic rings. The van der Waals surface area contributed by atoms with Crippen LogP contribution in [0.5, 0.6) is 5.75 Å². The van der Waals surface area contributed by atoms with Gasteiger partial charge in [0.2, 0.25) is 5.91 Å². The van der Waals surface area contributed by atoms with Gasteiger partial charge in [0.1, 0.15) is 5.75 Å². The Labute approximate surface area is 173 Å². The molecule has 2 aromatic carbocycles. The summed E-state index contributed by atoms with van der Waals surface area (Å²) in [5, 5.41) is 3.27. The van der Waals surface area contributed by atoms with Crippen molar-refractivity contribution in [3.8, 4) is 5.75 Å². The van der Waals surface area contributed by atoms with Crippen molar-refractivity contribution in [2.45, 2.75) is 25.4 Å². The Morgan fingerprint density at radius 1 is 1.17 bits per heavy atom. The highest BCUT2D eigenvalue weighted by atomic mass is 32.2. The molecule has 0 saturated carbocycles. The summed E-state index contributed by atoms with van der Waals surface area (Å²) in [5.74, 6) is 0.520. The number of carbonyl (C=O) groups excluding carboxylic acids is 1. The first-order valence-electron chi connectivity index (χ1n) is 9.17. The minimum Gasteiger partial charge on any atom is -0.495 e. The summed E-state index contributed by atoms with van der Waals surface area (Å²) in [4.78, 5) is 32.1. The van der Waals surface area contributed by atoms with Gasteiger partial charge >= 0.3 is 0 Å². The molecule has 0 unspecified atom stereocenters. The normalized spacial score (nSPS) is 10.6. The number of aromatic amines is 1. The number of nitrogens with one attached hydrogen (secondary N) is 2. The Balaban J connectivity index is 1.66. The van der Waals surface area contributed by atoms with Crippen molar-refractivity contribution in [2.24, 2.45) is 0 Å². The molecule has 29 heavy (non-hydrogen) atoms. The average molecular weight is 410 g/mol. The third-order valence-electron chi connectivity index (χ3n) is 4.39. The number of H-pyrrole nitrogens is 1. The van der Waals surface area contributed by atoms with Crippen LogP contribution in [-0.2, 0) is 11.2 Å². The van der Waals surface area contributed by atoms with Gasteiger partial charge in [0.05, 0.1) is 18.6 Å². The van der Waals surface area contributed by atoms with E-state index in [1.807, 2.05) is 62.4 Å². The van der Waals surface area contributed by atoms with Gasteiger partial charge in [0.15, 0.2) is 5.16 Å². The number of nitrogens with zero attached hydrogens (tertiary/aromatic N) is 1. The molecular formula is C22H23N3O3S. The maximum Gasteiger partial charge on any atom is 0.255 e. The monoisotopic (exact) mass is 409 g/mol. The third kappa shape index (κ3) is 5.48. The minimum absolute atomic E-state index is 0.123. The van der Waals surface area contributed by atoms with Crippen molar-refractivity contribution in [3.63, 3.8) is 0 Å². The number of methoxy groups -OCH3 is 1. The van der Waals surface area contributed by atoms with Gasteiger partial charge in [-0.15, -0.1) is 0 Å². The van der Waals surface area contributed by atoms with Crippen LogP contribution >= 0.6 is 11.8 Å². The van der Waals surface area contributed by atoms with E-state index in [4.69, 9.17) is 4.74 Å². The summed E-state index contributed by atoms with van der Waals surface area (Å²) in [6.07, 6.45) is 0.521. The molecule has 0 aliphatic heterocycles. The van der Waals surface area contributed by atoms with Gasteiger partial charge in [0.25, 0.3) is 5.56 Å². The molecule has 1 aromatic heterocycles. The van der Waals surface area contributed by atoms with Crippen LogP contribution in [0.3, 0.4) is 0 Å². The second kappa shape index (κ2) is 9.43. The van der Waals surface area contributed by atoms with E-state index in [1.165, 1.54) is 11.8 Å². The lowest BCUT2D eigenvalue weighted by atomic mass is 10.1. The zero-order chi connectivity index (χ0) is 20.8. The first kappa shape index (κ1) is 20.7. The van der Waals surface area contributed by atoms with Crippen LogP contribution in [0.4, 0.5) is 5.69 Å². The first-order chi connectivity index (χ1) is 14.0. The minimum atomic E-state index is -0.201. The molecule has 3 rings (SSSR count). The van der Waals surface area contributed by atoms with Crippen molar-refractivity contribution >= 4 is 23.4 Å². The fraction of sp³-hybridized carbons (Fsp3) is 0.227. The van der Waals surface area contributed by atoms with E-state index in [-0.39, 0.29) is 17.2 Å². The highest BCUT2D eigenvalue weighted by Gasteiger charge is 2.12. The SMILES string of the molecule is COc1ccc(C)cc1NC(=O)CSc1nc(C)c(Cc2ccccc2)c(=O)[nH]1. The van der Waals surface area contributed by atoms with Crippen LogP contribution in [0, 0.1) is 13.8 Å². The predicted octanol–water partition coefficient (Wildman–Crippen LogP) is 3.72. The molecular weight excluding hydrogens is 386 g/mol. The molecule has 0 bridgehead atoms. The van der Waals surface area contributed by atoms with Crippen LogP contribution < -0.4 is 15.6 Å². The first-order valence-corrected chi connectivity index (χ1v) is 10.2. The van der Waals surface area contributed by atoms with E-state index in [0.717, 1.165) is 11.1 Å². The van der Waals surface area contributed by atoms with Gasteiger partial charge in [-0.05, 0) is 37.1 Å². The fourth-order valence-corrected chi connectivity index (χ4v) is 3.61. The number of aryl methyl sites for hydroxylation is 2. The van der Waals surface area contributed by atoms with E-state index in [0.29, 0.717) is 34.3 Å². The zero-order valence-electron chi connectivity index (χ0n) is 16.6. The molecule has 0 fully saturated rings. The predicted molar refractivity (Wildman–Crippen MR) is 116 cm³/mol. The van der Waals surface area contributed by atoms with Gasteiger partial charge in [-0.25, -0.2) is 4.98 Å². The fourth-order valence-electron chi connectivity index (χ4n) is 2.90. The number of amides is 1. The summed E-state index contributed by atoms with van der Waals surface area (Å²) in [5.41, 5.74) is 3.81. The Kier molecular flexibility index (Phi) is 6.72. The number of hydrogen-bond donors (Lipinski definition) is 2. The second-order valence-electron chi connectivity index (χ2n) is 6.64. The third-order valence-corrected chi connectivity index (χ3v) is 5.27. The number of aromatic nitrogens is 2. The van der Waals surface area contributed by atoms with E-state index >= 15 is 0 Å². The Morgan fingerprint density at radius 3 is 2.62 bits per heavy atom. The van der Waals surface area contributed by atoms with E-state index in [2.05, 4.69) is 15.3 Å². The molecule has 6 nitrogen and oxygen atoms in total. The van der Waals surface area contributed by atoms with Crippen molar-refractivity contribution in [3.05, 3.63) is 81.3 Å². The lowest BCUT2D eigenvalue weighted by Gasteiger charge is -2.11.